The second-order valence-electron chi connectivity index (χ2n) is 13.8. The highest BCUT2D eigenvalue weighted by molar-refractivity contribution is 5.98. The first kappa shape index (κ1) is 62.4. The SMILES string of the molecule is C.CCN(C(=O)c1cc(F)cc(F)c1-n1nccn1)[C@@H](C)CCc1ncc(C(F)(F)F)cn1.CCN[C@@H](C)CCc1ncc(C(F)(F)F)cn1.Cl.O=C(O)c1cc(F)cc(F)c1-n1nccn1.[BH4-].[CH3-]. The van der Waals surface area contributed by atoms with Crippen LogP contribution in [0.4, 0.5) is 43.9 Å². The maximum atomic E-state index is 14.5. The van der Waals surface area contributed by atoms with Gasteiger partial charge >= 0.3 is 18.3 Å². The minimum atomic E-state index is -4.53. The van der Waals surface area contributed by atoms with Crippen molar-refractivity contribution in [3.8, 4) is 11.4 Å². The van der Waals surface area contributed by atoms with Gasteiger partial charge in [0.05, 0.1) is 47.0 Å². The molecule has 2 aromatic carbocycles. The number of hydrogen-bond acceptors (Lipinski definition) is 11. The quantitative estimate of drug-likeness (QED) is 0.0622. The van der Waals surface area contributed by atoms with E-state index in [0.29, 0.717) is 55.3 Å². The zero-order valence-electron chi connectivity index (χ0n) is 36.2. The summed E-state index contributed by atoms with van der Waals surface area (Å²) in [5.74, 6) is -5.38. The molecule has 0 aliphatic carbocycles. The van der Waals surface area contributed by atoms with Gasteiger partial charge in [-0.25, -0.2) is 42.3 Å². The van der Waals surface area contributed by atoms with Gasteiger partial charge in [-0.15, -0.1) is 22.0 Å². The highest BCUT2D eigenvalue weighted by atomic mass is 35.5. The Kier molecular flexibility index (Phi) is 25.4. The summed E-state index contributed by atoms with van der Waals surface area (Å²) >= 11 is 0. The van der Waals surface area contributed by atoms with Crippen molar-refractivity contribution < 1.29 is 58.6 Å². The van der Waals surface area contributed by atoms with Crippen LogP contribution in [0.1, 0.15) is 91.5 Å². The van der Waals surface area contributed by atoms with E-state index in [2.05, 4.69) is 45.6 Å². The topological polar surface area (TPSA) is 183 Å². The lowest BCUT2D eigenvalue weighted by Gasteiger charge is -2.29. The largest absolute Gasteiger partial charge is 0.478 e. The molecule has 0 aliphatic heterocycles. The van der Waals surface area contributed by atoms with Crippen molar-refractivity contribution in [3.05, 3.63) is 138 Å². The Morgan fingerprint density at radius 3 is 1.42 bits per heavy atom. The number of rotatable bonds is 14. The maximum Gasteiger partial charge on any atom is 0.419 e. The first-order valence-electron chi connectivity index (χ1n) is 19.4. The number of alkyl halides is 6. The highest BCUT2D eigenvalue weighted by Crippen LogP contribution is 2.29. The minimum absolute atomic E-state index is 0. The van der Waals surface area contributed by atoms with E-state index in [0.717, 1.165) is 41.0 Å². The Hall–Kier alpha value is -6.57. The van der Waals surface area contributed by atoms with Crippen molar-refractivity contribution in [2.75, 3.05) is 13.1 Å². The summed E-state index contributed by atoms with van der Waals surface area (Å²) in [6.45, 7) is 8.53. The van der Waals surface area contributed by atoms with Crippen LogP contribution in [-0.2, 0) is 25.2 Å². The third kappa shape index (κ3) is 17.8. The number of amides is 1. The third-order valence-electron chi connectivity index (χ3n) is 9.09. The van der Waals surface area contributed by atoms with Crippen LogP contribution in [0, 0.1) is 30.7 Å². The summed E-state index contributed by atoms with van der Waals surface area (Å²) in [5, 5.41) is 26.9. The lowest BCUT2D eigenvalue weighted by molar-refractivity contribution is -0.138. The Balaban J connectivity index is 0.00000107. The second-order valence-corrected chi connectivity index (χ2v) is 13.8. The molecule has 6 rings (SSSR count). The molecule has 0 aliphatic rings. The molecule has 0 bridgehead atoms. The maximum absolute atomic E-state index is 14.5. The molecule has 380 valence electrons. The standard InChI is InChI=1S/C20H19F5N6O.C11H16F3N3.C9H5F2N3O2.CH4.CH3.BH4.ClH/c1-3-30(12(2)4-5-17-26-10-13(11-27-17)20(23,24)25)19(32)15-8-14(21)9-16(22)18(15)31-28-6-7-29-31;1-3-15-8(2)4-5-10-16-6-9(7-17-10)11(12,13)14;10-5-3-6(9(15)16)8(7(11)4-5)14-12-1-2-13-14;;;;/h6-12H,3-5H2,1-2H3;6-8,15H,3-5H2,1-2H3;1-4H,(H,15,16);1H4;1H3;1H4;1H/q;;;;2*-1;/t12-;8-;;;;;/m00...../s1. The van der Waals surface area contributed by atoms with E-state index in [-0.39, 0.29) is 71.4 Å². The Morgan fingerprint density at radius 2 is 1.06 bits per heavy atom. The smallest absolute Gasteiger partial charge is 0.419 e. The zero-order valence-corrected chi connectivity index (χ0v) is 37.0. The van der Waals surface area contributed by atoms with Crippen molar-refractivity contribution in [2.24, 2.45) is 0 Å². The van der Waals surface area contributed by atoms with E-state index in [4.69, 9.17) is 5.11 Å². The van der Waals surface area contributed by atoms with Crippen LogP contribution in [0.2, 0.25) is 0 Å². The fourth-order valence-electron chi connectivity index (χ4n) is 5.89. The molecular weight excluding hydrogens is 957 g/mol. The average molecular weight is 1010 g/mol. The number of carbonyl (C=O) groups is 2. The number of carboxylic acid groups (broad SMARTS) is 1. The molecule has 0 saturated carbocycles. The molecule has 6 aromatic rings. The van der Waals surface area contributed by atoms with E-state index in [1.807, 2.05) is 13.8 Å². The molecular formula is C42H52BClF10N12O3-2. The molecule has 27 heteroatoms. The predicted molar refractivity (Wildman–Crippen MR) is 241 cm³/mol. The van der Waals surface area contributed by atoms with Crippen LogP contribution >= 0.6 is 12.4 Å². The zero-order chi connectivity index (χ0) is 48.1. The Bertz CT molecular complexity index is 2470. The number of aromatic carboxylic acids is 1. The fourth-order valence-corrected chi connectivity index (χ4v) is 5.89. The summed E-state index contributed by atoms with van der Waals surface area (Å²) < 4.78 is 129. The van der Waals surface area contributed by atoms with Gasteiger partial charge in [-0.3, -0.25) is 4.79 Å². The van der Waals surface area contributed by atoms with Crippen molar-refractivity contribution in [3.63, 3.8) is 0 Å². The molecule has 4 heterocycles. The number of carbonyl (C=O) groups excluding carboxylic acids is 1. The van der Waals surface area contributed by atoms with E-state index in [1.54, 1.807) is 13.8 Å². The normalized spacial score (nSPS) is 11.6. The molecule has 15 nitrogen and oxygen atoms in total. The second kappa shape index (κ2) is 28.1. The van der Waals surface area contributed by atoms with E-state index < -0.39 is 70.2 Å². The van der Waals surface area contributed by atoms with Crippen LogP contribution in [-0.4, -0.2) is 105 Å². The number of aromatic nitrogens is 10. The highest BCUT2D eigenvalue weighted by Gasteiger charge is 2.32. The number of hydrogen-bond donors (Lipinski definition) is 2. The molecule has 0 unspecified atom stereocenters. The molecule has 2 atom stereocenters. The lowest BCUT2D eigenvalue weighted by atomic mass is 10.1. The lowest BCUT2D eigenvalue weighted by Crippen LogP contribution is -2.39. The van der Waals surface area contributed by atoms with Crippen molar-refractivity contribution in [2.45, 2.75) is 85.2 Å². The fraction of sp³-hybridized carbons (Fsp3) is 0.357. The molecule has 0 fully saturated rings. The number of aryl methyl sites for hydroxylation is 2. The minimum Gasteiger partial charge on any atom is -0.478 e. The summed E-state index contributed by atoms with van der Waals surface area (Å²) in [6.07, 6.45) is 1.18. The summed E-state index contributed by atoms with van der Waals surface area (Å²) in [4.78, 5) is 42.0. The van der Waals surface area contributed by atoms with Crippen molar-refractivity contribution in [1.82, 2.24) is 60.1 Å². The van der Waals surface area contributed by atoms with Gasteiger partial charge in [0.25, 0.3) is 5.91 Å². The van der Waals surface area contributed by atoms with E-state index in [1.165, 1.54) is 29.7 Å². The van der Waals surface area contributed by atoms with Crippen LogP contribution in [0.25, 0.3) is 11.4 Å². The number of carboxylic acids is 1. The van der Waals surface area contributed by atoms with Crippen molar-refractivity contribution >= 4 is 32.7 Å². The molecule has 0 radical (unpaired) electrons. The van der Waals surface area contributed by atoms with Gasteiger partial charge in [0, 0.05) is 68.4 Å². The molecule has 2 N–H and O–H groups in total. The van der Waals surface area contributed by atoms with Crippen LogP contribution in [0.15, 0.2) is 73.8 Å². The van der Waals surface area contributed by atoms with Gasteiger partial charge in [0.15, 0.2) is 11.6 Å². The first-order valence-corrected chi connectivity index (χ1v) is 19.4. The predicted octanol–water partition coefficient (Wildman–Crippen LogP) is 7.56. The summed E-state index contributed by atoms with van der Waals surface area (Å²) in [6, 6.07) is 2.72. The van der Waals surface area contributed by atoms with E-state index in [9.17, 15) is 53.5 Å². The monoisotopic (exact) mass is 1010 g/mol. The van der Waals surface area contributed by atoms with Gasteiger partial charge < -0.3 is 22.7 Å². The Morgan fingerprint density at radius 1 is 0.681 bits per heavy atom. The molecule has 1 amide bonds. The average Bonchev–Trinajstić information content (AvgIpc) is 3.98. The van der Waals surface area contributed by atoms with Crippen molar-refractivity contribution in [1.29, 1.82) is 0 Å². The summed E-state index contributed by atoms with van der Waals surface area (Å²) in [7, 11) is 0. The third-order valence-corrected chi connectivity index (χ3v) is 9.09. The number of nitrogens with one attached hydrogen (secondary N) is 1. The molecule has 4 aromatic heterocycles. The first-order chi connectivity index (χ1) is 30.6. The molecule has 69 heavy (non-hydrogen) atoms. The number of nitrogens with zero attached hydrogens (tertiary/aromatic N) is 11. The van der Waals surface area contributed by atoms with Crippen LogP contribution < -0.4 is 5.32 Å². The van der Waals surface area contributed by atoms with Gasteiger partial charge in [-0.1, -0.05) is 22.8 Å². The van der Waals surface area contributed by atoms with Gasteiger partial charge in [-0.2, -0.15) is 46.7 Å². The van der Waals surface area contributed by atoms with Gasteiger partial charge in [-0.05, 0) is 52.3 Å². The van der Waals surface area contributed by atoms with Gasteiger partial charge in [0.2, 0.25) is 0 Å². The van der Waals surface area contributed by atoms with Crippen LogP contribution in [0.5, 0.6) is 0 Å². The number of benzene rings is 2. The Labute approximate surface area is 398 Å². The molecule has 0 saturated heterocycles. The summed E-state index contributed by atoms with van der Waals surface area (Å²) in [5.41, 5.74) is -3.21. The van der Waals surface area contributed by atoms with Gasteiger partial charge in [0.1, 0.15) is 34.7 Å². The van der Waals surface area contributed by atoms with Crippen LogP contribution in [0.3, 0.4) is 0 Å². The number of halogens is 11. The molecule has 0 spiro atoms. The van der Waals surface area contributed by atoms with E-state index >= 15 is 0 Å².